The van der Waals surface area contributed by atoms with Gasteiger partial charge in [0.15, 0.2) is 16.6 Å². The van der Waals surface area contributed by atoms with Crippen molar-refractivity contribution in [2.45, 2.75) is 0 Å². The molecule has 32 heavy (non-hydrogen) atoms. The highest BCUT2D eigenvalue weighted by Crippen LogP contribution is 2.36. The van der Waals surface area contributed by atoms with Crippen molar-refractivity contribution in [3.8, 4) is 17.2 Å². The molecule has 0 bridgehead atoms. The van der Waals surface area contributed by atoms with Crippen molar-refractivity contribution in [3.63, 3.8) is 0 Å². The number of amides is 1. The van der Waals surface area contributed by atoms with Crippen molar-refractivity contribution in [2.24, 2.45) is 0 Å². The number of carbonyl (C=O) groups is 1. The lowest BCUT2D eigenvalue weighted by molar-refractivity contribution is -0.385. The Morgan fingerprint density at radius 2 is 1.69 bits per heavy atom. The number of rotatable bonds is 6. The Morgan fingerprint density at radius 3 is 2.31 bits per heavy atom. The normalized spacial score (nSPS) is 13.8. The van der Waals surface area contributed by atoms with Gasteiger partial charge in [-0.1, -0.05) is 17.4 Å². The van der Waals surface area contributed by atoms with E-state index in [0.717, 1.165) is 21.1 Å². The van der Waals surface area contributed by atoms with E-state index in [1.807, 2.05) is 18.2 Å². The van der Waals surface area contributed by atoms with Crippen LogP contribution in [0.15, 0.2) is 30.3 Å². The van der Waals surface area contributed by atoms with Gasteiger partial charge >= 0.3 is 0 Å². The molecule has 0 spiro atoms. The molecule has 0 saturated carbocycles. The minimum absolute atomic E-state index is 0.0224. The molecule has 10 nitrogen and oxygen atoms in total. The number of anilines is 1. The van der Waals surface area contributed by atoms with Crippen molar-refractivity contribution in [1.29, 1.82) is 0 Å². The summed E-state index contributed by atoms with van der Waals surface area (Å²) in [4.78, 5) is 32.5. The van der Waals surface area contributed by atoms with E-state index >= 15 is 0 Å². The number of nitro groups is 1. The Kier molecular flexibility index (Phi) is 5.99. The van der Waals surface area contributed by atoms with Gasteiger partial charge in [-0.3, -0.25) is 14.9 Å². The second-order valence-electron chi connectivity index (χ2n) is 7.06. The molecule has 4 rings (SSSR count). The van der Waals surface area contributed by atoms with Crippen LogP contribution in [0.3, 0.4) is 0 Å². The second kappa shape index (κ2) is 8.87. The van der Waals surface area contributed by atoms with E-state index in [1.54, 1.807) is 23.3 Å². The third-order valence-electron chi connectivity index (χ3n) is 5.36. The number of piperazine rings is 1. The SMILES string of the molecule is COc1cc(C(=O)N2CCN(c3nc4c(OC)cccc4s3)CC2)c([N+](=O)[O-])cc1OC. The van der Waals surface area contributed by atoms with Gasteiger partial charge in [-0.2, -0.15) is 0 Å². The summed E-state index contributed by atoms with van der Waals surface area (Å²) in [7, 11) is 4.43. The van der Waals surface area contributed by atoms with E-state index < -0.39 is 10.8 Å². The van der Waals surface area contributed by atoms with Crippen molar-refractivity contribution in [3.05, 3.63) is 46.0 Å². The molecule has 1 saturated heterocycles. The third kappa shape index (κ3) is 3.86. The molecule has 0 aliphatic carbocycles. The number of hydrogen-bond donors (Lipinski definition) is 0. The summed E-state index contributed by atoms with van der Waals surface area (Å²) in [5.74, 6) is 0.776. The highest BCUT2D eigenvalue weighted by atomic mass is 32.1. The number of nitrogens with zero attached hydrogens (tertiary/aromatic N) is 4. The maximum absolute atomic E-state index is 13.1. The molecule has 1 aromatic heterocycles. The second-order valence-corrected chi connectivity index (χ2v) is 8.07. The molecule has 0 atom stereocenters. The molecule has 0 unspecified atom stereocenters. The molecule has 3 aromatic rings. The van der Waals surface area contributed by atoms with Crippen LogP contribution in [0, 0.1) is 10.1 Å². The molecule has 2 aromatic carbocycles. The van der Waals surface area contributed by atoms with Crippen LogP contribution in [-0.2, 0) is 0 Å². The monoisotopic (exact) mass is 458 g/mol. The minimum atomic E-state index is -0.583. The predicted octanol–water partition coefficient (Wildman–Crippen LogP) is 3.19. The topological polar surface area (TPSA) is 107 Å². The van der Waals surface area contributed by atoms with Crippen LogP contribution in [0.5, 0.6) is 17.2 Å². The molecule has 1 aliphatic rings. The summed E-state index contributed by atoms with van der Waals surface area (Å²) in [5, 5.41) is 12.4. The fourth-order valence-corrected chi connectivity index (χ4v) is 4.71. The van der Waals surface area contributed by atoms with Gasteiger partial charge in [-0.25, -0.2) is 4.98 Å². The molecule has 11 heteroatoms. The first-order valence-corrected chi connectivity index (χ1v) is 10.7. The first-order valence-electron chi connectivity index (χ1n) is 9.85. The lowest BCUT2D eigenvalue weighted by Crippen LogP contribution is -2.48. The maximum Gasteiger partial charge on any atom is 0.286 e. The van der Waals surface area contributed by atoms with Crippen LogP contribution in [-0.4, -0.2) is 68.2 Å². The fourth-order valence-electron chi connectivity index (χ4n) is 3.67. The molecule has 1 aliphatic heterocycles. The van der Waals surface area contributed by atoms with Crippen molar-refractivity contribution in [1.82, 2.24) is 9.88 Å². The van der Waals surface area contributed by atoms with Crippen LogP contribution in [0.4, 0.5) is 10.8 Å². The first kappa shape index (κ1) is 21.6. The predicted molar refractivity (Wildman–Crippen MR) is 120 cm³/mol. The number of hydrogen-bond acceptors (Lipinski definition) is 9. The Labute approximate surface area is 188 Å². The number of aromatic nitrogens is 1. The standard InChI is InChI=1S/C21H22N4O6S/c1-29-15-5-4-6-18-19(15)22-21(32-18)24-9-7-23(8-10-24)20(26)13-11-16(30-2)17(31-3)12-14(13)25(27)28/h4-6,11-12H,7-10H2,1-3H3. The number of methoxy groups -OCH3 is 3. The molecule has 2 heterocycles. The summed E-state index contributed by atoms with van der Waals surface area (Å²) in [6.45, 7) is 1.96. The van der Waals surface area contributed by atoms with Gasteiger partial charge < -0.3 is 24.0 Å². The van der Waals surface area contributed by atoms with Gasteiger partial charge in [-0.05, 0) is 12.1 Å². The molecular weight excluding hydrogens is 436 g/mol. The molecule has 0 radical (unpaired) electrons. The molecule has 1 amide bonds. The van der Waals surface area contributed by atoms with Gasteiger partial charge in [-0.15, -0.1) is 0 Å². The summed E-state index contributed by atoms with van der Waals surface area (Å²) in [5.41, 5.74) is 0.480. The molecule has 0 N–H and O–H groups in total. The van der Waals surface area contributed by atoms with Crippen molar-refractivity contribution >= 4 is 38.3 Å². The number of para-hydroxylation sites is 1. The lowest BCUT2D eigenvalue weighted by atomic mass is 10.1. The molecule has 1 fully saturated rings. The van der Waals surface area contributed by atoms with E-state index in [4.69, 9.17) is 19.2 Å². The third-order valence-corrected chi connectivity index (χ3v) is 6.44. The number of fused-ring (bicyclic) bond motifs is 1. The van der Waals surface area contributed by atoms with Crippen LogP contribution in [0.2, 0.25) is 0 Å². The zero-order chi connectivity index (χ0) is 22.8. The fraction of sp³-hybridized carbons (Fsp3) is 0.333. The maximum atomic E-state index is 13.1. The van der Waals surface area contributed by atoms with Gasteiger partial charge in [0.25, 0.3) is 11.6 Å². The number of ether oxygens (including phenoxy) is 3. The minimum Gasteiger partial charge on any atom is -0.494 e. The lowest BCUT2D eigenvalue weighted by Gasteiger charge is -2.34. The van der Waals surface area contributed by atoms with Gasteiger partial charge in [0.05, 0.1) is 37.0 Å². The summed E-state index contributed by atoms with van der Waals surface area (Å²) >= 11 is 1.57. The van der Waals surface area contributed by atoms with E-state index in [-0.39, 0.29) is 22.7 Å². The van der Waals surface area contributed by atoms with Crippen molar-refractivity contribution in [2.75, 3.05) is 52.4 Å². The quantitative estimate of drug-likeness (QED) is 0.409. The Morgan fingerprint density at radius 1 is 1.03 bits per heavy atom. The van der Waals surface area contributed by atoms with Crippen LogP contribution in [0.25, 0.3) is 10.2 Å². The zero-order valence-electron chi connectivity index (χ0n) is 17.9. The Hall–Kier alpha value is -3.60. The number of nitro benzene ring substituents is 1. The average molecular weight is 458 g/mol. The smallest absolute Gasteiger partial charge is 0.286 e. The largest absolute Gasteiger partial charge is 0.494 e. The highest BCUT2D eigenvalue weighted by Gasteiger charge is 2.30. The van der Waals surface area contributed by atoms with E-state index in [1.165, 1.54) is 26.4 Å². The van der Waals surface area contributed by atoms with Crippen LogP contribution in [0.1, 0.15) is 10.4 Å². The summed E-state index contributed by atoms with van der Waals surface area (Å²) < 4.78 is 16.8. The number of thiazole rings is 1. The van der Waals surface area contributed by atoms with Gasteiger partial charge in [0.2, 0.25) is 0 Å². The van der Waals surface area contributed by atoms with Crippen LogP contribution < -0.4 is 19.1 Å². The van der Waals surface area contributed by atoms with E-state index in [0.29, 0.717) is 26.2 Å². The van der Waals surface area contributed by atoms with Crippen molar-refractivity contribution < 1.29 is 23.9 Å². The highest BCUT2D eigenvalue weighted by molar-refractivity contribution is 7.22. The number of benzene rings is 2. The van der Waals surface area contributed by atoms with Crippen LogP contribution >= 0.6 is 11.3 Å². The Balaban J connectivity index is 1.53. The summed E-state index contributed by atoms with van der Waals surface area (Å²) in [6.07, 6.45) is 0. The van der Waals surface area contributed by atoms with Gasteiger partial charge in [0.1, 0.15) is 16.8 Å². The molecule has 168 valence electrons. The van der Waals surface area contributed by atoms with E-state index in [2.05, 4.69) is 4.90 Å². The van der Waals surface area contributed by atoms with Gasteiger partial charge in [0, 0.05) is 32.2 Å². The number of carbonyl (C=O) groups excluding carboxylic acids is 1. The Bertz CT molecular complexity index is 1170. The zero-order valence-corrected chi connectivity index (χ0v) is 18.7. The summed E-state index contributed by atoms with van der Waals surface area (Å²) in [6, 6.07) is 8.38. The molecular formula is C21H22N4O6S. The average Bonchev–Trinajstić information content (AvgIpc) is 3.27. The van der Waals surface area contributed by atoms with E-state index in [9.17, 15) is 14.9 Å². The first-order chi connectivity index (χ1) is 15.5.